The summed E-state index contributed by atoms with van der Waals surface area (Å²) in [4.78, 5) is 37.2. The van der Waals surface area contributed by atoms with Crippen molar-refractivity contribution < 1.29 is 29.1 Å². The molecule has 1 saturated heterocycles. The molecule has 3 rings (SSSR count). The number of hydrogen-bond donors (Lipinski definition) is 2. The Kier molecular flexibility index (Phi) is 9.25. The van der Waals surface area contributed by atoms with Crippen molar-refractivity contribution in [2.24, 2.45) is 0 Å². The number of carbonyl (C=O) groups is 2. The molecular weight excluding hydrogens is 506 g/mol. The molecule has 0 aromatic heterocycles. The summed E-state index contributed by atoms with van der Waals surface area (Å²) in [5.74, 6) is 0.317. The molecule has 0 atom stereocenters. The number of nitro groups is 1. The highest BCUT2D eigenvalue weighted by molar-refractivity contribution is 8.26. The maximum absolute atomic E-state index is 12.8. The van der Waals surface area contributed by atoms with Crippen LogP contribution in [-0.2, 0) is 9.59 Å². The summed E-state index contributed by atoms with van der Waals surface area (Å²) in [6.45, 7) is 0.443. The minimum absolute atomic E-state index is 0.115. The Bertz CT molecular complexity index is 1220. The van der Waals surface area contributed by atoms with E-state index in [0.717, 1.165) is 11.6 Å². The van der Waals surface area contributed by atoms with E-state index in [4.69, 9.17) is 21.7 Å². The number of unbranched alkanes of at least 4 members (excludes halogenated alkanes) is 2. The lowest BCUT2D eigenvalue weighted by molar-refractivity contribution is -0.384. The van der Waals surface area contributed by atoms with Gasteiger partial charge in [0.05, 0.1) is 35.8 Å². The molecule has 2 N–H and O–H groups in total. The number of nitro benzene ring substituents is 1. The highest BCUT2D eigenvalue weighted by atomic mass is 32.2. The molecule has 10 nitrogen and oxygen atoms in total. The zero-order chi connectivity index (χ0) is 26.2. The van der Waals surface area contributed by atoms with Crippen molar-refractivity contribution in [3.63, 3.8) is 0 Å². The van der Waals surface area contributed by atoms with Gasteiger partial charge in [0.25, 0.3) is 11.6 Å². The molecule has 2 aromatic rings. The fourth-order valence-electron chi connectivity index (χ4n) is 3.47. The van der Waals surface area contributed by atoms with Gasteiger partial charge in [0.2, 0.25) is 5.91 Å². The van der Waals surface area contributed by atoms with Crippen molar-refractivity contribution in [2.45, 2.75) is 25.7 Å². The Labute approximate surface area is 217 Å². The predicted molar refractivity (Wildman–Crippen MR) is 141 cm³/mol. The number of rotatable bonds is 11. The van der Waals surface area contributed by atoms with Gasteiger partial charge in [0, 0.05) is 19.0 Å². The molecule has 2 amide bonds. The maximum Gasteiger partial charge on any atom is 0.273 e. The standard InChI is InChI=1S/C24H25N3O7S2/c1-33-19-10-7-15(12-20(19)34-2)13-21-23(30)26(24(35)36-21)11-5-3-4-6-22(29)25-17-9-8-16(27(31)32)14-18(17)28/h7-10,12-14,28H,3-6,11H2,1-2H3,(H,25,29). The number of benzene rings is 2. The number of thiocarbonyl (C=S) groups is 1. The third-order valence-electron chi connectivity index (χ3n) is 5.33. The number of nitrogens with zero attached hydrogens (tertiary/aromatic N) is 2. The highest BCUT2D eigenvalue weighted by Gasteiger charge is 2.31. The molecule has 0 bridgehead atoms. The third-order valence-corrected chi connectivity index (χ3v) is 6.71. The van der Waals surface area contributed by atoms with E-state index in [9.17, 15) is 24.8 Å². The molecule has 12 heteroatoms. The summed E-state index contributed by atoms with van der Waals surface area (Å²) >= 11 is 6.62. The summed E-state index contributed by atoms with van der Waals surface area (Å²) in [6.07, 6.45) is 3.88. The number of ether oxygens (including phenoxy) is 2. The Hall–Kier alpha value is -3.64. The van der Waals surface area contributed by atoms with E-state index in [1.165, 1.54) is 23.9 Å². The molecular formula is C24H25N3O7S2. The quantitative estimate of drug-likeness (QED) is 0.106. The number of phenols is 1. The second-order valence-corrected chi connectivity index (χ2v) is 9.44. The van der Waals surface area contributed by atoms with Gasteiger partial charge in [-0.15, -0.1) is 0 Å². The average Bonchev–Trinajstić information content (AvgIpc) is 3.11. The van der Waals surface area contributed by atoms with Gasteiger partial charge in [-0.3, -0.25) is 24.6 Å². The predicted octanol–water partition coefficient (Wildman–Crippen LogP) is 4.72. The van der Waals surface area contributed by atoms with Crippen LogP contribution < -0.4 is 14.8 Å². The number of nitrogens with one attached hydrogen (secondary N) is 1. The fourth-order valence-corrected chi connectivity index (χ4v) is 4.78. The summed E-state index contributed by atoms with van der Waals surface area (Å²) in [5.41, 5.74) is 0.641. The average molecular weight is 532 g/mol. The zero-order valence-corrected chi connectivity index (χ0v) is 21.3. The van der Waals surface area contributed by atoms with Crippen molar-refractivity contribution in [2.75, 3.05) is 26.1 Å². The molecule has 36 heavy (non-hydrogen) atoms. The van der Waals surface area contributed by atoms with Crippen LogP contribution in [0.3, 0.4) is 0 Å². The van der Waals surface area contributed by atoms with Gasteiger partial charge in [0.15, 0.2) is 11.5 Å². The van der Waals surface area contributed by atoms with E-state index >= 15 is 0 Å². The number of amides is 2. The number of methoxy groups -OCH3 is 2. The van der Waals surface area contributed by atoms with Gasteiger partial charge in [0.1, 0.15) is 10.1 Å². The summed E-state index contributed by atoms with van der Waals surface area (Å²) in [7, 11) is 3.10. The fraction of sp³-hybridized carbons (Fsp3) is 0.292. The van der Waals surface area contributed by atoms with Crippen molar-refractivity contribution in [1.29, 1.82) is 0 Å². The van der Waals surface area contributed by atoms with Crippen molar-refractivity contribution in [3.8, 4) is 17.2 Å². The van der Waals surface area contributed by atoms with Crippen molar-refractivity contribution >= 4 is 57.6 Å². The van der Waals surface area contributed by atoms with Gasteiger partial charge in [-0.2, -0.15) is 0 Å². The lowest BCUT2D eigenvalue weighted by Crippen LogP contribution is -2.29. The Morgan fingerprint density at radius 2 is 1.92 bits per heavy atom. The van der Waals surface area contributed by atoms with E-state index in [2.05, 4.69) is 5.32 Å². The first-order chi connectivity index (χ1) is 17.2. The molecule has 2 aromatic carbocycles. The lowest BCUT2D eigenvalue weighted by atomic mass is 10.1. The number of aromatic hydroxyl groups is 1. The van der Waals surface area contributed by atoms with Crippen LogP contribution in [0.25, 0.3) is 6.08 Å². The number of hydrogen-bond acceptors (Lipinski definition) is 9. The Balaban J connectivity index is 1.46. The van der Waals surface area contributed by atoms with Gasteiger partial charge >= 0.3 is 0 Å². The third kappa shape index (κ3) is 6.73. The largest absolute Gasteiger partial charge is 0.506 e. The van der Waals surface area contributed by atoms with Crippen molar-refractivity contribution in [3.05, 3.63) is 57.0 Å². The van der Waals surface area contributed by atoms with Gasteiger partial charge < -0.3 is 19.9 Å². The second kappa shape index (κ2) is 12.4. The van der Waals surface area contributed by atoms with Gasteiger partial charge in [-0.25, -0.2) is 0 Å². The van der Waals surface area contributed by atoms with Crippen LogP contribution in [0, 0.1) is 10.1 Å². The number of thioether (sulfide) groups is 1. The van der Waals surface area contributed by atoms with E-state index < -0.39 is 4.92 Å². The molecule has 0 spiro atoms. The van der Waals surface area contributed by atoms with Crippen LogP contribution in [0.15, 0.2) is 41.3 Å². The summed E-state index contributed by atoms with van der Waals surface area (Å²) < 4.78 is 11.0. The molecule has 0 saturated carbocycles. The van der Waals surface area contributed by atoms with Crippen LogP contribution >= 0.6 is 24.0 Å². The van der Waals surface area contributed by atoms with Crippen LogP contribution in [-0.4, -0.2) is 51.8 Å². The molecule has 1 aliphatic heterocycles. The summed E-state index contributed by atoms with van der Waals surface area (Å²) in [6, 6.07) is 8.86. The molecule has 0 aliphatic carbocycles. The molecule has 190 valence electrons. The monoisotopic (exact) mass is 531 g/mol. The molecule has 1 heterocycles. The summed E-state index contributed by atoms with van der Waals surface area (Å²) in [5, 5.41) is 23.1. The zero-order valence-electron chi connectivity index (χ0n) is 19.7. The second-order valence-electron chi connectivity index (χ2n) is 7.77. The Morgan fingerprint density at radius 3 is 2.58 bits per heavy atom. The molecule has 1 fully saturated rings. The highest BCUT2D eigenvalue weighted by Crippen LogP contribution is 2.35. The molecule has 0 radical (unpaired) electrons. The minimum Gasteiger partial charge on any atom is -0.506 e. The molecule has 1 aliphatic rings. The SMILES string of the molecule is COc1ccc(C=C2SC(=S)N(CCCCCC(=O)Nc3ccc([N+](=O)[O-])cc3O)C2=O)cc1OC. The van der Waals surface area contributed by atoms with E-state index in [1.807, 2.05) is 6.07 Å². The smallest absolute Gasteiger partial charge is 0.273 e. The topological polar surface area (TPSA) is 131 Å². The molecule has 0 unspecified atom stereocenters. The minimum atomic E-state index is -0.629. The number of carbonyl (C=O) groups excluding carboxylic acids is 2. The number of anilines is 1. The van der Waals surface area contributed by atoms with Crippen LogP contribution in [0.1, 0.15) is 31.2 Å². The van der Waals surface area contributed by atoms with Gasteiger partial charge in [-0.05, 0) is 42.7 Å². The van der Waals surface area contributed by atoms with Crippen LogP contribution in [0.4, 0.5) is 11.4 Å². The Morgan fingerprint density at radius 1 is 1.17 bits per heavy atom. The first-order valence-corrected chi connectivity index (χ1v) is 12.2. The van der Waals surface area contributed by atoms with E-state index in [-0.39, 0.29) is 35.4 Å². The maximum atomic E-state index is 12.8. The van der Waals surface area contributed by atoms with Crippen molar-refractivity contribution in [1.82, 2.24) is 4.90 Å². The normalized spacial score (nSPS) is 14.3. The van der Waals surface area contributed by atoms with Gasteiger partial charge in [-0.1, -0.05) is 36.5 Å². The van der Waals surface area contributed by atoms with Crippen LogP contribution in [0.5, 0.6) is 17.2 Å². The number of non-ortho nitro benzene ring substituents is 1. The van der Waals surface area contributed by atoms with E-state index in [0.29, 0.717) is 46.5 Å². The lowest BCUT2D eigenvalue weighted by Gasteiger charge is -2.14. The first-order valence-electron chi connectivity index (χ1n) is 11.0. The first kappa shape index (κ1) is 27.0. The number of phenolic OH excluding ortho intramolecular Hbond substituents is 1. The van der Waals surface area contributed by atoms with Crippen LogP contribution in [0.2, 0.25) is 0 Å². The van der Waals surface area contributed by atoms with E-state index in [1.54, 1.807) is 37.3 Å².